The van der Waals surface area contributed by atoms with E-state index in [1.165, 1.54) is 0 Å². The Morgan fingerprint density at radius 2 is 1.30 bits per heavy atom. The molecule has 288 valence electrons. The summed E-state index contributed by atoms with van der Waals surface area (Å²) in [6, 6.07) is 15.5. The van der Waals surface area contributed by atoms with E-state index in [0.29, 0.717) is 48.6 Å². The number of ether oxygens (including phenoxy) is 1. The van der Waals surface area contributed by atoms with Gasteiger partial charge in [0.1, 0.15) is 17.2 Å². The van der Waals surface area contributed by atoms with Crippen LogP contribution in [0.15, 0.2) is 90.3 Å². The lowest BCUT2D eigenvalue weighted by atomic mass is 10.1. The molecule has 0 saturated carbocycles. The molecule has 0 saturated heterocycles. The summed E-state index contributed by atoms with van der Waals surface area (Å²) in [4.78, 5) is 34.5. The van der Waals surface area contributed by atoms with Crippen LogP contribution >= 0.6 is 15.9 Å². The third kappa shape index (κ3) is 11.1. The van der Waals surface area contributed by atoms with Crippen molar-refractivity contribution in [2.45, 2.75) is 85.2 Å². The van der Waals surface area contributed by atoms with Gasteiger partial charge < -0.3 is 19.9 Å². The third-order valence-corrected chi connectivity index (χ3v) is 8.83. The van der Waals surface area contributed by atoms with Gasteiger partial charge in [-0.1, -0.05) is 27.7 Å². The molecular formula is C41H45BrN12O2. The number of anilines is 4. The largest absolute Gasteiger partial charge is 0.460 e. The summed E-state index contributed by atoms with van der Waals surface area (Å²) in [5.74, 6) is 3.31. The first-order chi connectivity index (χ1) is 26.8. The number of nitrogens with zero attached hydrogens (tertiary/aromatic N) is 10. The van der Waals surface area contributed by atoms with E-state index in [1.54, 1.807) is 31.1 Å². The molecule has 14 nitrogen and oxygen atoms in total. The van der Waals surface area contributed by atoms with E-state index in [1.807, 2.05) is 80.1 Å². The summed E-state index contributed by atoms with van der Waals surface area (Å²) in [6.45, 7) is 14.1. The number of hydrogen-bond acceptors (Lipinski definition) is 13. The number of aromatic nitrogens is 10. The Labute approximate surface area is 334 Å². The molecule has 0 atom stereocenters. The fourth-order valence-corrected chi connectivity index (χ4v) is 5.80. The minimum absolute atomic E-state index is 0.187. The summed E-state index contributed by atoms with van der Waals surface area (Å²) in [7, 11) is 0. The van der Waals surface area contributed by atoms with E-state index in [0.717, 1.165) is 54.9 Å². The van der Waals surface area contributed by atoms with Gasteiger partial charge in [0.25, 0.3) is 0 Å². The number of pyridine rings is 4. The molecule has 7 rings (SSSR count). The SMILES string of the molecule is CC(C)c1cnnc(Nc2ccc3ncc(-n4cnc(CCCC(=O)OC(C)(C)C)c4)cc3n2)c1.CC(C)c1cnnc(Nc2ccc3ncc(Br)cc3n2)c1. The number of fused-ring (bicyclic) bond motifs is 2. The maximum Gasteiger partial charge on any atom is 0.306 e. The van der Waals surface area contributed by atoms with Crippen molar-refractivity contribution in [1.29, 1.82) is 0 Å². The van der Waals surface area contributed by atoms with Crippen LogP contribution in [-0.2, 0) is 16.0 Å². The first-order valence-corrected chi connectivity index (χ1v) is 19.2. The lowest BCUT2D eigenvalue weighted by Crippen LogP contribution is -2.23. The Morgan fingerprint density at radius 1 is 0.732 bits per heavy atom. The van der Waals surface area contributed by atoms with Crippen LogP contribution in [-0.4, -0.2) is 61.5 Å². The molecule has 15 heteroatoms. The first-order valence-electron chi connectivity index (χ1n) is 18.4. The predicted molar refractivity (Wildman–Crippen MR) is 221 cm³/mol. The van der Waals surface area contributed by atoms with Crippen molar-refractivity contribution in [2.24, 2.45) is 0 Å². The molecule has 0 amide bonds. The maximum absolute atomic E-state index is 11.9. The van der Waals surface area contributed by atoms with E-state index in [9.17, 15) is 4.79 Å². The Bertz CT molecular complexity index is 2440. The number of hydrogen-bond donors (Lipinski definition) is 2. The second-order valence-electron chi connectivity index (χ2n) is 14.8. The highest BCUT2D eigenvalue weighted by atomic mass is 79.9. The number of aryl methyl sites for hydroxylation is 1. The Balaban J connectivity index is 0.000000215. The van der Waals surface area contributed by atoms with Gasteiger partial charge in [-0.2, -0.15) is 10.2 Å². The molecule has 0 aromatic carbocycles. The molecule has 7 heterocycles. The molecule has 7 aromatic heterocycles. The summed E-state index contributed by atoms with van der Waals surface area (Å²) < 4.78 is 8.18. The van der Waals surface area contributed by atoms with Crippen LogP contribution in [0.2, 0.25) is 0 Å². The minimum atomic E-state index is -0.462. The van der Waals surface area contributed by atoms with Crippen molar-refractivity contribution >= 4 is 67.2 Å². The number of imidazole rings is 1. The van der Waals surface area contributed by atoms with Crippen LogP contribution in [0.5, 0.6) is 0 Å². The highest BCUT2D eigenvalue weighted by Crippen LogP contribution is 2.23. The summed E-state index contributed by atoms with van der Waals surface area (Å²) in [5, 5.41) is 22.8. The Kier molecular flexibility index (Phi) is 12.5. The van der Waals surface area contributed by atoms with Crippen LogP contribution in [0.25, 0.3) is 27.8 Å². The van der Waals surface area contributed by atoms with Gasteiger partial charge in [0.15, 0.2) is 11.6 Å². The monoisotopic (exact) mass is 816 g/mol. The van der Waals surface area contributed by atoms with E-state index in [-0.39, 0.29) is 5.97 Å². The maximum atomic E-state index is 11.9. The molecule has 7 aromatic rings. The topological polar surface area (TPSA) is 171 Å². The molecule has 0 unspecified atom stereocenters. The van der Waals surface area contributed by atoms with Gasteiger partial charge in [-0.15, -0.1) is 10.2 Å². The lowest BCUT2D eigenvalue weighted by Gasteiger charge is -2.19. The predicted octanol–water partition coefficient (Wildman–Crippen LogP) is 9.19. The Morgan fingerprint density at radius 3 is 1.88 bits per heavy atom. The molecule has 0 aliphatic rings. The molecule has 0 bridgehead atoms. The van der Waals surface area contributed by atoms with Crippen LogP contribution in [0.3, 0.4) is 0 Å². The zero-order chi connectivity index (χ0) is 39.8. The third-order valence-electron chi connectivity index (χ3n) is 8.39. The molecule has 0 aliphatic heterocycles. The average Bonchev–Trinajstić information content (AvgIpc) is 3.63. The standard InChI is InChI=1S/C26H31N7O2.C15H14BrN5/c1-17(2)18-11-24(32-29-13-18)31-23-10-9-21-22(30-23)12-20(14-27-21)33-15-19(28-16-33)7-6-8-25(34)35-26(3,4)5;1-9(2)10-5-15(21-18-7-10)20-14-4-3-12-13(19-14)6-11(16)8-17-12/h9-17H,6-8H2,1-5H3,(H,30,31,32);3-9H,1-2H3,(H,19,20,21). The van der Waals surface area contributed by atoms with Crippen LogP contribution in [0, 0.1) is 0 Å². The minimum Gasteiger partial charge on any atom is -0.460 e. The van der Waals surface area contributed by atoms with Crippen LogP contribution in [0.1, 0.15) is 90.0 Å². The normalized spacial score (nSPS) is 11.5. The van der Waals surface area contributed by atoms with Crippen molar-refractivity contribution < 1.29 is 9.53 Å². The van der Waals surface area contributed by atoms with E-state index >= 15 is 0 Å². The number of rotatable bonds is 11. The molecule has 56 heavy (non-hydrogen) atoms. The fourth-order valence-electron chi connectivity index (χ4n) is 5.48. The second-order valence-corrected chi connectivity index (χ2v) is 15.8. The zero-order valence-corrected chi connectivity index (χ0v) is 34.1. The number of carbonyl (C=O) groups is 1. The van der Waals surface area contributed by atoms with E-state index in [4.69, 9.17) is 9.72 Å². The summed E-state index contributed by atoms with van der Waals surface area (Å²) in [5.41, 5.74) is 6.76. The van der Waals surface area contributed by atoms with Gasteiger partial charge in [0.05, 0.1) is 58.4 Å². The smallest absolute Gasteiger partial charge is 0.306 e. The fraction of sp³-hybridized carbons (Fsp3) is 0.317. The zero-order valence-electron chi connectivity index (χ0n) is 32.5. The van der Waals surface area contributed by atoms with Crippen molar-refractivity contribution in [2.75, 3.05) is 10.6 Å². The lowest BCUT2D eigenvalue weighted by molar-refractivity contribution is -0.154. The molecule has 0 fully saturated rings. The highest BCUT2D eigenvalue weighted by Gasteiger charge is 2.16. The molecule has 0 spiro atoms. The van der Waals surface area contributed by atoms with Crippen LogP contribution in [0.4, 0.5) is 23.3 Å². The number of halogens is 1. The van der Waals surface area contributed by atoms with Gasteiger partial charge >= 0.3 is 5.97 Å². The summed E-state index contributed by atoms with van der Waals surface area (Å²) >= 11 is 3.40. The highest BCUT2D eigenvalue weighted by molar-refractivity contribution is 9.10. The molecule has 2 N–H and O–H groups in total. The van der Waals surface area contributed by atoms with Gasteiger partial charge in [-0.25, -0.2) is 15.0 Å². The molecule has 0 radical (unpaired) electrons. The van der Waals surface area contributed by atoms with Gasteiger partial charge in [0.2, 0.25) is 0 Å². The number of carbonyl (C=O) groups excluding carboxylic acids is 1. The number of esters is 1. The Hall–Kier alpha value is -5.96. The van der Waals surface area contributed by atoms with Crippen molar-refractivity contribution in [3.63, 3.8) is 0 Å². The molecular weight excluding hydrogens is 772 g/mol. The van der Waals surface area contributed by atoms with E-state index in [2.05, 4.69) is 94.6 Å². The second kappa shape index (κ2) is 17.7. The van der Waals surface area contributed by atoms with Gasteiger partial charge in [-0.05, 0) is 121 Å². The average molecular weight is 818 g/mol. The quantitative estimate of drug-likeness (QED) is 0.119. The first kappa shape index (κ1) is 39.7. The van der Waals surface area contributed by atoms with Crippen LogP contribution < -0.4 is 10.6 Å². The van der Waals surface area contributed by atoms with E-state index < -0.39 is 5.60 Å². The molecule has 0 aliphatic carbocycles. The van der Waals surface area contributed by atoms with Crippen molar-refractivity contribution in [3.8, 4) is 5.69 Å². The van der Waals surface area contributed by atoms with Crippen molar-refractivity contribution in [3.05, 3.63) is 107 Å². The van der Waals surface area contributed by atoms with Crippen molar-refractivity contribution in [1.82, 2.24) is 49.9 Å². The van der Waals surface area contributed by atoms with Gasteiger partial charge in [0, 0.05) is 23.3 Å². The van der Waals surface area contributed by atoms with Gasteiger partial charge in [-0.3, -0.25) is 14.8 Å². The number of nitrogens with one attached hydrogen (secondary N) is 2. The summed E-state index contributed by atoms with van der Waals surface area (Å²) in [6.07, 6.45) is 12.5.